The molecule has 0 heteroatoms. The van der Waals surface area contributed by atoms with Gasteiger partial charge in [-0.05, 0) is 24.2 Å². The van der Waals surface area contributed by atoms with Crippen LogP contribution in [0.1, 0.15) is 60.3 Å². The number of hydrogen-bond acceptors (Lipinski definition) is 0. The molecule has 0 bridgehead atoms. The second kappa shape index (κ2) is 6.51. The molecule has 0 aromatic carbocycles. The fraction of sp³-hybridized carbons (Fsp3) is 0.917. The first-order chi connectivity index (χ1) is 5.65. The normalized spacial score (nSPS) is 14.2. The van der Waals surface area contributed by atoms with Crippen LogP contribution in [-0.4, -0.2) is 0 Å². The first kappa shape index (κ1) is 12.0. The van der Waals surface area contributed by atoms with Gasteiger partial charge < -0.3 is 0 Å². The van der Waals surface area contributed by atoms with Crippen LogP contribution in [0, 0.1) is 17.8 Å². The molecule has 73 valence electrons. The van der Waals surface area contributed by atoms with Gasteiger partial charge in [-0.15, -0.1) is 0 Å². The molecule has 0 rings (SSSR count). The van der Waals surface area contributed by atoms with E-state index in [1.54, 1.807) is 5.92 Å². The average molecular weight is 169 g/mol. The van der Waals surface area contributed by atoms with E-state index in [-0.39, 0.29) is 0 Å². The summed E-state index contributed by atoms with van der Waals surface area (Å²) in [6.07, 6.45) is 5.42. The standard InChI is InChI=1S/C12H25/c1-6-11(7-2)9-12(8-3)10(4)5/h11-12H,6-9H2,1-5H3. The minimum atomic E-state index is 0.870. The lowest BCUT2D eigenvalue weighted by atomic mass is 9.83. The van der Waals surface area contributed by atoms with Crippen molar-refractivity contribution in [2.75, 3.05) is 0 Å². The lowest BCUT2D eigenvalue weighted by molar-refractivity contribution is 0.355. The van der Waals surface area contributed by atoms with Gasteiger partial charge >= 0.3 is 0 Å². The van der Waals surface area contributed by atoms with Gasteiger partial charge in [-0.2, -0.15) is 0 Å². The monoisotopic (exact) mass is 169 g/mol. The Balaban J connectivity index is 3.82. The third kappa shape index (κ3) is 4.13. The molecule has 12 heavy (non-hydrogen) atoms. The van der Waals surface area contributed by atoms with Crippen LogP contribution in [0.25, 0.3) is 0 Å². The maximum atomic E-state index is 2.31. The smallest absolute Gasteiger partial charge is 0.0272 e. The first-order valence-corrected chi connectivity index (χ1v) is 5.45. The Hall–Kier alpha value is 0. The van der Waals surface area contributed by atoms with E-state index in [1.165, 1.54) is 25.7 Å². The van der Waals surface area contributed by atoms with Crippen molar-refractivity contribution in [1.82, 2.24) is 0 Å². The van der Waals surface area contributed by atoms with Crippen molar-refractivity contribution in [2.24, 2.45) is 11.8 Å². The molecular weight excluding hydrogens is 144 g/mol. The van der Waals surface area contributed by atoms with Crippen molar-refractivity contribution in [3.63, 3.8) is 0 Å². The van der Waals surface area contributed by atoms with E-state index >= 15 is 0 Å². The molecule has 1 unspecified atom stereocenters. The number of hydrogen-bond donors (Lipinski definition) is 0. The predicted octanol–water partition coefficient (Wildman–Crippen LogP) is 4.45. The van der Waals surface area contributed by atoms with E-state index in [0.29, 0.717) is 0 Å². The van der Waals surface area contributed by atoms with Crippen molar-refractivity contribution in [2.45, 2.75) is 60.3 Å². The Morgan fingerprint density at radius 2 is 1.42 bits per heavy atom. The van der Waals surface area contributed by atoms with Crippen molar-refractivity contribution >= 4 is 0 Å². The largest absolute Gasteiger partial charge is 0.0651 e. The molecule has 0 saturated heterocycles. The van der Waals surface area contributed by atoms with E-state index in [9.17, 15) is 0 Å². The molecule has 1 radical (unpaired) electrons. The lowest BCUT2D eigenvalue weighted by Crippen LogP contribution is -2.11. The van der Waals surface area contributed by atoms with E-state index in [4.69, 9.17) is 0 Å². The van der Waals surface area contributed by atoms with Gasteiger partial charge in [0.15, 0.2) is 0 Å². The Bertz CT molecular complexity index is 90.2. The van der Waals surface area contributed by atoms with Crippen LogP contribution in [0.2, 0.25) is 0 Å². The van der Waals surface area contributed by atoms with Crippen LogP contribution >= 0.6 is 0 Å². The molecule has 0 spiro atoms. The zero-order valence-corrected chi connectivity index (χ0v) is 9.48. The zero-order chi connectivity index (χ0) is 9.56. The van der Waals surface area contributed by atoms with E-state index < -0.39 is 0 Å². The van der Waals surface area contributed by atoms with Crippen LogP contribution in [0.5, 0.6) is 0 Å². The molecular formula is C12H25. The summed E-state index contributed by atoms with van der Waals surface area (Å²) in [6.45, 7) is 11.5. The molecule has 0 amide bonds. The van der Waals surface area contributed by atoms with Gasteiger partial charge in [-0.3, -0.25) is 0 Å². The number of rotatable bonds is 6. The van der Waals surface area contributed by atoms with Gasteiger partial charge in [0.1, 0.15) is 0 Å². The van der Waals surface area contributed by atoms with Crippen molar-refractivity contribution < 1.29 is 0 Å². The minimum absolute atomic E-state index is 0.870. The first-order valence-electron chi connectivity index (χ1n) is 5.45. The van der Waals surface area contributed by atoms with Gasteiger partial charge in [-0.1, -0.05) is 53.9 Å². The summed E-state index contributed by atoms with van der Waals surface area (Å²) in [5.41, 5.74) is 0. The fourth-order valence-corrected chi connectivity index (χ4v) is 1.83. The Morgan fingerprint density at radius 1 is 0.917 bits per heavy atom. The Labute approximate surface area is 78.8 Å². The third-order valence-corrected chi connectivity index (χ3v) is 3.08. The molecule has 0 heterocycles. The molecule has 0 aromatic heterocycles. The van der Waals surface area contributed by atoms with Gasteiger partial charge in [-0.25, -0.2) is 0 Å². The summed E-state index contributed by atoms with van der Waals surface area (Å²) >= 11 is 0. The van der Waals surface area contributed by atoms with Crippen LogP contribution in [0.3, 0.4) is 0 Å². The SMILES string of the molecule is CCC(CC)CC(CC)[C](C)C. The van der Waals surface area contributed by atoms with Crippen LogP contribution in [0.4, 0.5) is 0 Å². The molecule has 0 N–H and O–H groups in total. The molecule has 0 aliphatic heterocycles. The van der Waals surface area contributed by atoms with E-state index in [1.807, 2.05) is 0 Å². The van der Waals surface area contributed by atoms with Gasteiger partial charge in [0.2, 0.25) is 0 Å². The second-order valence-corrected chi connectivity index (χ2v) is 4.10. The minimum Gasteiger partial charge on any atom is -0.0651 e. The van der Waals surface area contributed by atoms with E-state index in [0.717, 1.165) is 11.8 Å². The molecule has 1 atom stereocenters. The third-order valence-electron chi connectivity index (χ3n) is 3.08. The topological polar surface area (TPSA) is 0 Å². The molecule has 0 fully saturated rings. The Kier molecular flexibility index (Phi) is 6.51. The summed E-state index contributed by atoms with van der Waals surface area (Å²) in [6, 6.07) is 0. The van der Waals surface area contributed by atoms with Crippen molar-refractivity contribution in [3.8, 4) is 0 Å². The highest BCUT2D eigenvalue weighted by Gasteiger charge is 2.15. The van der Waals surface area contributed by atoms with Crippen LogP contribution in [0.15, 0.2) is 0 Å². The highest BCUT2D eigenvalue weighted by Crippen LogP contribution is 2.27. The molecule has 0 aliphatic carbocycles. The maximum absolute atomic E-state index is 2.31. The second-order valence-electron chi connectivity index (χ2n) is 4.10. The van der Waals surface area contributed by atoms with Crippen LogP contribution in [-0.2, 0) is 0 Å². The summed E-state index contributed by atoms with van der Waals surface area (Å²) in [5.74, 6) is 3.43. The predicted molar refractivity (Wildman–Crippen MR) is 57.1 cm³/mol. The molecule has 0 nitrogen and oxygen atoms in total. The molecule has 0 saturated carbocycles. The summed E-state index contributed by atoms with van der Waals surface area (Å²) in [7, 11) is 0. The highest BCUT2D eigenvalue weighted by molar-refractivity contribution is 4.87. The van der Waals surface area contributed by atoms with Crippen LogP contribution < -0.4 is 0 Å². The quantitative estimate of drug-likeness (QED) is 0.551. The van der Waals surface area contributed by atoms with Gasteiger partial charge in [0.25, 0.3) is 0 Å². The highest BCUT2D eigenvalue weighted by atomic mass is 14.2. The summed E-state index contributed by atoms with van der Waals surface area (Å²) in [5, 5.41) is 0. The van der Waals surface area contributed by atoms with Crippen molar-refractivity contribution in [1.29, 1.82) is 0 Å². The Morgan fingerprint density at radius 3 is 1.67 bits per heavy atom. The average Bonchev–Trinajstić information content (AvgIpc) is 2.06. The van der Waals surface area contributed by atoms with Gasteiger partial charge in [0, 0.05) is 0 Å². The molecule has 0 aliphatic rings. The van der Waals surface area contributed by atoms with E-state index in [2.05, 4.69) is 34.6 Å². The summed E-state index contributed by atoms with van der Waals surface area (Å²) < 4.78 is 0. The summed E-state index contributed by atoms with van der Waals surface area (Å²) in [4.78, 5) is 0. The lowest BCUT2D eigenvalue weighted by Gasteiger charge is -2.23. The van der Waals surface area contributed by atoms with Crippen molar-refractivity contribution in [3.05, 3.63) is 5.92 Å². The maximum Gasteiger partial charge on any atom is -0.0272 e. The fourth-order valence-electron chi connectivity index (χ4n) is 1.83. The van der Waals surface area contributed by atoms with Gasteiger partial charge in [0.05, 0.1) is 0 Å². The zero-order valence-electron chi connectivity index (χ0n) is 9.48. The molecule has 0 aromatic rings.